The summed E-state index contributed by atoms with van der Waals surface area (Å²) in [6, 6.07) is 12.3. The van der Waals surface area contributed by atoms with Gasteiger partial charge < -0.3 is 10.6 Å². The van der Waals surface area contributed by atoms with Gasteiger partial charge in [-0.25, -0.2) is 0 Å². The highest BCUT2D eigenvalue weighted by Gasteiger charge is 2.56. The predicted molar refractivity (Wildman–Crippen MR) is 167 cm³/mol. The number of hydrogen-bond acceptors (Lipinski definition) is 3. The van der Waals surface area contributed by atoms with E-state index in [-0.39, 0.29) is 17.0 Å². The van der Waals surface area contributed by atoms with Gasteiger partial charge in [-0.2, -0.15) is 0 Å². The van der Waals surface area contributed by atoms with E-state index in [2.05, 4.69) is 52.8 Å². The van der Waals surface area contributed by atoms with E-state index in [4.69, 9.17) is 0 Å². The quantitative estimate of drug-likeness (QED) is 0.321. The van der Waals surface area contributed by atoms with Crippen LogP contribution >= 0.6 is 0 Å². The van der Waals surface area contributed by atoms with E-state index in [9.17, 15) is 14.7 Å². The molecule has 2 aliphatic carbocycles. The molecule has 222 valence electrons. The number of hydrogen-bond donors (Lipinski definition) is 1. The summed E-state index contributed by atoms with van der Waals surface area (Å²) in [5.74, 6) is 5.03. The summed E-state index contributed by atoms with van der Waals surface area (Å²) in [5, 5.41) is 10.3. The van der Waals surface area contributed by atoms with Crippen LogP contribution in [-0.2, 0) is 6.42 Å². The standard InChI is InChI=1S/C34H46O3.C2H6.H2O/c1-8-30(36)26-15-25(16-27(17-26)31(37)9-2)24-11-10-23(20(5)12-24)14-28-13-21(6)33-29(18-35)32(19(3)4)22(7)34(28)33;1-2;/h10-12,15-17,19,21-22,28-29,32-35H,8-9,13-14,18H2,1-7H3;1-2H3;1H2. The molecule has 2 saturated carbocycles. The van der Waals surface area contributed by atoms with Gasteiger partial charge in [-0.1, -0.05) is 73.6 Å². The molecular weight excluding hydrogens is 496 g/mol. The first-order valence-corrected chi connectivity index (χ1v) is 15.5. The van der Waals surface area contributed by atoms with Crippen molar-refractivity contribution in [2.45, 2.75) is 88.0 Å². The van der Waals surface area contributed by atoms with E-state index in [0.717, 1.165) is 17.5 Å². The summed E-state index contributed by atoms with van der Waals surface area (Å²) < 4.78 is 0. The van der Waals surface area contributed by atoms with Gasteiger partial charge in [-0.05, 0) is 108 Å². The average molecular weight is 551 g/mol. The minimum Gasteiger partial charge on any atom is -0.412 e. The molecule has 3 N–H and O–H groups in total. The van der Waals surface area contributed by atoms with Crippen molar-refractivity contribution in [3.63, 3.8) is 0 Å². The van der Waals surface area contributed by atoms with Crippen molar-refractivity contribution in [2.24, 2.45) is 47.3 Å². The molecule has 0 heterocycles. The SMILES string of the molecule is CC.CCC(=O)c1cc(C(=O)CC)cc(-c2ccc(CC3CC(C)C4C(CO)C(C(C)C)C(C)C34)c(C)c2)c1.O. The largest absolute Gasteiger partial charge is 0.412 e. The molecule has 7 unspecified atom stereocenters. The van der Waals surface area contributed by atoms with Crippen LogP contribution in [0, 0.1) is 54.3 Å². The lowest BCUT2D eigenvalue weighted by atomic mass is 9.75. The van der Waals surface area contributed by atoms with Crippen molar-refractivity contribution in [1.29, 1.82) is 0 Å². The second-order valence-electron chi connectivity index (χ2n) is 12.4. The van der Waals surface area contributed by atoms with Gasteiger partial charge in [0.2, 0.25) is 0 Å². The normalized spacial score (nSPS) is 27.0. The van der Waals surface area contributed by atoms with Crippen LogP contribution in [0.5, 0.6) is 0 Å². The Morgan fingerprint density at radius 3 is 1.95 bits per heavy atom. The number of aliphatic hydroxyl groups is 1. The molecule has 2 aromatic carbocycles. The van der Waals surface area contributed by atoms with Crippen LogP contribution < -0.4 is 0 Å². The number of rotatable bonds is 9. The molecule has 0 aliphatic heterocycles. The molecule has 2 aromatic rings. The molecule has 40 heavy (non-hydrogen) atoms. The van der Waals surface area contributed by atoms with Crippen LogP contribution in [0.3, 0.4) is 0 Å². The summed E-state index contributed by atoms with van der Waals surface area (Å²) in [5.41, 5.74) is 5.91. The number of carbonyl (C=O) groups excluding carboxylic acids is 2. The second kappa shape index (κ2) is 14.5. The van der Waals surface area contributed by atoms with Crippen LogP contribution in [0.1, 0.15) is 106 Å². The van der Waals surface area contributed by atoms with Gasteiger partial charge in [0.15, 0.2) is 11.6 Å². The van der Waals surface area contributed by atoms with E-state index in [0.29, 0.717) is 77.9 Å². The van der Waals surface area contributed by atoms with Crippen LogP contribution in [0.25, 0.3) is 11.1 Å². The van der Waals surface area contributed by atoms with Gasteiger partial charge in [0.05, 0.1) is 0 Å². The number of fused-ring (bicyclic) bond motifs is 1. The van der Waals surface area contributed by atoms with E-state index in [1.165, 1.54) is 17.5 Å². The lowest BCUT2D eigenvalue weighted by Crippen LogP contribution is -2.27. The lowest BCUT2D eigenvalue weighted by Gasteiger charge is -2.30. The topological polar surface area (TPSA) is 85.9 Å². The first-order valence-electron chi connectivity index (χ1n) is 15.5. The third-order valence-electron chi connectivity index (χ3n) is 9.88. The number of carbonyl (C=O) groups is 2. The van der Waals surface area contributed by atoms with Gasteiger partial charge in [0, 0.05) is 30.6 Å². The Morgan fingerprint density at radius 2 is 1.48 bits per heavy atom. The maximum atomic E-state index is 12.5. The monoisotopic (exact) mass is 550 g/mol. The third-order valence-corrected chi connectivity index (χ3v) is 9.88. The number of Topliss-reactive ketones (excluding diaryl/α,β-unsaturated/α-hetero) is 2. The highest BCUT2D eigenvalue weighted by molar-refractivity contribution is 6.02. The molecule has 7 atom stereocenters. The highest BCUT2D eigenvalue weighted by Crippen LogP contribution is 2.60. The Labute approximate surface area is 243 Å². The zero-order valence-electron chi connectivity index (χ0n) is 26.4. The fourth-order valence-electron chi connectivity index (χ4n) is 8.35. The second-order valence-corrected chi connectivity index (χ2v) is 12.4. The predicted octanol–water partition coefficient (Wildman–Crippen LogP) is 8.01. The Hall–Kier alpha value is -2.30. The molecule has 2 fully saturated rings. The van der Waals surface area contributed by atoms with Gasteiger partial charge >= 0.3 is 0 Å². The average Bonchev–Trinajstić information content (AvgIpc) is 3.43. The van der Waals surface area contributed by atoms with Gasteiger partial charge in [-0.3, -0.25) is 9.59 Å². The molecule has 0 bridgehead atoms. The van der Waals surface area contributed by atoms with E-state index in [1.54, 1.807) is 6.07 Å². The summed E-state index contributed by atoms with van der Waals surface area (Å²) in [4.78, 5) is 25.0. The summed E-state index contributed by atoms with van der Waals surface area (Å²) >= 11 is 0. The molecule has 0 amide bonds. The van der Waals surface area contributed by atoms with Crippen LogP contribution in [0.2, 0.25) is 0 Å². The lowest BCUT2D eigenvalue weighted by molar-refractivity contribution is 0.0987. The summed E-state index contributed by atoms with van der Waals surface area (Å²) in [6.07, 6.45) is 3.18. The number of ketones is 2. The van der Waals surface area contributed by atoms with E-state index in [1.807, 2.05) is 39.8 Å². The Bertz CT molecular complexity index is 1120. The molecule has 4 rings (SSSR count). The summed E-state index contributed by atoms with van der Waals surface area (Å²) in [7, 11) is 0. The number of aliphatic hydroxyl groups excluding tert-OH is 1. The maximum absolute atomic E-state index is 12.5. The highest BCUT2D eigenvalue weighted by atomic mass is 16.3. The molecule has 0 radical (unpaired) electrons. The fourth-order valence-corrected chi connectivity index (χ4v) is 8.35. The summed E-state index contributed by atoms with van der Waals surface area (Å²) in [6.45, 7) is 19.7. The Morgan fingerprint density at radius 1 is 0.900 bits per heavy atom. The van der Waals surface area contributed by atoms with Crippen LogP contribution in [0.4, 0.5) is 0 Å². The zero-order valence-corrected chi connectivity index (χ0v) is 26.4. The smallest absolute Gasteiger partial charge is 0.162 e. The minimum atomic E-state index is 0. The minimum absolute atomic E-state index is 0. The molecule has 4 heteroatoms. The number of aryl methyl sites for hydroxylation is 1. The van der Waals surface area contributed by atoms with Crippen molar-refractivity contribution < 1.29 is 20.2 Å². The molecule has 2 aliphatic rings. The first-order chi connectivity index (χ1) is 18.6. The molecule has 4 nitrogen and oxygen atoms in total. The number of benzene rings is 2. The molecule has 0 spiro atoms. The van der Waals surface area contributed by atoms with Crippen LogP contribution in [0.15, 0.2) is 36.4 Å². The van der Waals surface area contributed by atoms with E-state index < -0.39 is 0 Å². The first kappa shape index (κ1) is 33.9. The Kier molecular flexibility index (Phi) is 12.3. The zero-order chi connectivity index (χ0) is 29.0. The van der Waals surface area contributed by atoms with Gasteiger partial charge in [0.25, 0.3) is 0 Å². The van der Waals surface area contributed by atoms with Crippen molar-refractivity contribution >= 4 is 11.6 Å². The molecular formula is C36H54O4. The molecule has 0 saturated heterocycles. The maximum Gasteiger partial charge on any atom is 0.162 e. The van der Waals surface area contributed by atoms with E-state index >= 15 is 0 Å². The third kappa shape index (κ3) is 6.60. The fraction of sp³-hybridized carbons (Fsp3) is 0.611. The molecule has 0 aromatic heterocycles. The van der Waals surface area contributed by atoms with Crippen molar-refractivity contribution in [1.82, 2.24) is 0 Å². The van der Waals surface area contributed by atoms with Gasteiger partial charge in [-0.15, -0.1) is 0 Å². The van der Waals surface area contributed by atoms with Gasteiger partial charge in [0.1, 0.15) is 0 Å². The van der Waals surface area contributed by atoms with Crippen molar-refractivity contribution in [3.8, 4) is 11.1 Å². The van der Waals surface area contributed by atoms with Crippen molar-refractivity contribution in [2.75, 3.05) is 6.61 Å². The van der Waals surface area contributed by atoms with Crippen molar-refractivity contribution in [3.05, 3.63) is 58.7 Å². The van der Waals surface area contributed by atoms with Crippen LogP contribution in [-0.4, -0.2) is 28.8 Å². The Balaban J connectivity index is 0.00000183.